The molecule has 0 radical (unpaired) electrons. The summed E-state index contributed by atoms with van der Waals surface area (Å²) < 4.78 is 53.5. The highest BCUT2D eigenvalue weighted by molar-refractivity contribution is 7.95. The van der Waals surface area contributed by atoms with Crippen LogP contribution in [0.2, 0.25) is 0 Å². The highest BCUT2D eigenvalue weighted by atomic mass is 32.2. The van der Waals surface area contributed by atoms with Crippen molar-refractivity contribution >= 4 is 108 Å². The van der Waals surface area contributed by atoms with Crippen molar-refractivity contribution in [2.24, 2.45) is 30.7 Å². The summed E-state index contributed by atoms with van der Waals surface area (Å²) in [5, 5.41) is 91.5. The number of hydrogen-bond acceptors (Lipinski definition) is 27. The molecular weight excluding hydrogens is 1020 g/mol. The number of hydrogen-bond donors (Lipinski definition) is 9. The monoisotopic (exact) mass is 1060 g/mol. The molecule has 1 atom stereocenters. The van der Waals surface area contributed by atoms with E-state index in [4.69, 9.17) is 24.3 Å². The summed E-state index contributed by atoms with van der Waals surface area (Å²) in [6.07, 6.45) is -1.15. The molecule has 0 fully saturated rings. The van der Waals surface area contributed by atoms with Gasteiger partial charge in [-0.15, -0.1) is 24.0 Å². The van der Waals surface area contributed by atoms with Crippen LogP contribution in [-0.2, 0) is 28.9 Å². The average Bonchev–Trinajstić information content (AvgIpc) is 3.38. The first-order chi connectivity index (χ1) is 35.2. The first-order valence-electron chi connectivity index (χ1n) is 20.9. The largest absolute Gasteiger partial charge is 0.505 e. The topological polar surface area (TPSA) is 360 Å². The Hall–Kier alpha value is -7.52. The van der Waals surface area contributed by atoms with Crippen LogP contribution in [0.5, 0.6) is 17.2 Å². The van der Waals surface area contributed by atoms with Crippen LogP contribution in [0, 0.1) is 13.8 Å². The minimum absolute atomic E-state index is 0.0337. The van der Waals surface area contributed by atoms with E-state index < -0.39 is 22.8 Å². The van der Waals surface area contributed by atoms with Crippen LogP contribution in [0.15, 0.2) is 142 Å². The molecule has 26 nitrogen and oxygen atoms in total. The van der Waals surface area contributed by atoms with Gasteiger partial charge in [-0.3, -0.25) is 4.55 Å². The van der Waals surface area contributed by atoms with Crippen LogP contribution < -0.4 is 25.4 Å². The molecule has 1 heterocycles. The molecule has 7 aromatic rings. The van der Waals surface area contributed by atoms with Gasteiger partial charge in [-0.05, 0) is 109 Å². The molecule has 1 unspecified atom stereocenters. The summed E-state index contributed by atoms with van der Waals surface area (Å²) in [4.78, 5) is 13.4. The molecule has 6 aromatic carbocycles. The summed E-state index contributed by atoms with van der Waals surface area (Å²) in [7, 11) is -1.60. The number of aliphatic hydroxyl groups excluding tert-OH is 2. The molecule has 73 heavy (non-hydrogen) atoms. The van der Waals surface area contributed by atoms with Gasteiger partial charge in [0.2, 0.25) is 17.8 Å². The van der Waals surface area contributed by atoms with Gasteiger partial charge in [0.05, 0.1) is 77.9 Å². The Morgan fingerprint density at radius 1 is 0.671 bits per heavy atom. The lowest BCUT2D eigenvalue weighted by Crippen LogP contribution is -2.24. The number of methoxy groups -OCH3 is 2. The Morgan fingerprint density at radius 2 is 1.25 bits per heavy atom. The number of rotatable bonds is 23. The zero-order valence-electron chi connectivity index (χ0n) is 38.4. The van der Waals surface area contributed by atoms with Crippen LogP contribution in [0.4, 0.5) is 63.3 Å². The molecule has 0 aliphatic rings. The highest BCUT2D eigenvalue weighted by Gasteiger charge is 2.19. The van der Waals surface area contributed by atoms with Gasteiger partial charge in [-0.1, -0.05) is 16.1 Å². The molecular formula is C44H42N12O14S3. The number of phenolic OH excluding ortho intramolecular Hbond substituents is 1. The Balaban J connectivity index is 1.13. The van der Waals surface area contributed by atoms with Crippen molar-refractivity contribution in [1.82, 2.24) is 15.0 Å². The van der Waals surface area contributed by atoms with E-state index in [1.807, 2.05) is 6.92 Å². The van der Waals surface area contributed by atoms with Crippen LogP contribution >= 0.6 is 24.1 Å². The standard InChI is InChI=1S/C44H42N12O14S3/c1-23-14-35(37(65-3)19-33(23)52-51-26-8-11-30(12-9-26)71-69-67-60)54-53-34-20-38(66-4)36(15-24(34)2)55-56-40-39(72-70-68-61)17-25-16-28(10-13-32(25)41(40)59)47-44-49-42(45-21-29(58)22-57)48-43(50-44)46-27-6-5-7-31(18-27)73(62,63)64/h5-20,29,57-61H,21-22H2,1-4H3,(H,62,63,64)(H3,45,46,47,48,49,50). The Bertz CT molecular complexity index is 3300. The van der Waals surface area contributed by atoms with E-state index in [9.17, 15) is 28.3 Å². The molecule has 1 aromatic heterocycles. The first-order valence-corrected chi connectivity index (χ1v) is 23.8. The molecule has 0 amide bonds. The van der Waals surface area contributed by atoms with Gasteiger partial charge >= 0.3 is 0 Å². The molecule has 9 N–H and O–H groups in total. The maximum Gasteiger partial charge on any atom is 0.294 e. The summed E-state index contributed by atoms with van der Waals surface area (Å²) >= 11 is 1.35. The predicted octanol–water partition coefficient (Wildman–Crippen LogP) is 11.0. The quantitative estimate of drug-likeness (QED) is 0.00944. The number of phenols is 1. The summed E-state index contributed by atoms with van der Waals surface area (Å²) in [6, 6.07) is 25.2. The van der Waals surface area contributed by atoms with E-state index in [0.717, 1.165) is 17.6 Å². The molecule has 0 aliphatic heterocycles. The lowest BCUT2D eigenvalue weighted by molar-refractivity contribution is -0.432. The van der Waals surface area contributed by atoms with Gasteiger partial charge in [0.15, 0.2) is 5.75 Å². The summed E-state index contributed by atoms with van der Waals surface area (Å²) in [5.41, 5.74) is 4.11. The number of aromatic hydroxyl groups is 1. The number of benzene rings is 6. The normalized spacial score (nSPS) is 12.3. The van der Waals surface area contributed by atoms with Gasteiger partial charge in [-0.25, -0.2) is 10.5 Å². The maximum absolute atomic E-state index is 11.8. The second-order valence-corrected chi connectivity index (χ2v) is 17.9. The minimum Gasteiger partial charge on any atom is -0.505 e. The third kappa shape index (κ3) is 14.1. The molecule has 0 aliphatic carbocycles. The van der Waals surface area contributed by atoms with E-state index in [1.54, 1.807) is 79.7 Å². The van der Waals surface area contributed by atoms with Crippen molar-refractivity contribution in [3.8, 4) is 17.2 Å². The van der Waals surface area contributed by atoms with Gasteiger partial charge < -0.3 is 40.7 Å². The molecule has 29 heteroatoms. The van der Waals surface area contributed by atoms with Crippen molar-refractivity contribution in [3.63, 3.8) is 0 Å². The molecule has 0 saturated carbocycles. The molecule has 380 valence electrons. The van der Waals surface area contributed by atoms with Crippen molar-refractivity contribution < 1.29 is 67.0 Å². The van der Waals surface area contributed by atoms with Crippen LogP contribution in [0.1, 0.15) is 11.1 Å². The van der Waals surface area contributed by atoms with Gasteiger partial charge in [0.25, 0.3) is 10.1 Å². The Kier molecular flexibility index (Phi) is 18.1. The molecule has 7 rings (SSSR count). The Labute approximate surface area is 422 Å². The SMILES string of the molecule is COc1cc(N=Nc2ccc(SOOO)cc2)c(C)cc1N=Nc1cc(OC)c(N=Nc2c(SOOO)cc3cc(Nc4nc(NCC(O)CO)nc(Nc5cccc(S(=O)(=O)O)c5)n4)ccc3c2O)cc1C. The highest BCUT2D eigenvalue weighted by Crippen LogP contribution is 2.46. The Morgan fingerprint density at radius 3 is 1.85 bits per heavy atom. The van der Waals surface area contributed by atoms with Crippen molar-refractivity contribution in [2.75, 3.05) is 43.3 Å². The fraction of sp³-hybridized carbons (Fsp3) is 0.159. The lowest BCUT2D eigenvalue weighted by atomic mass is 10.1. The second-order valence-electron chi connectivity index (χ2n) is 15.0. The number of aromatic nitrogens is 3. The van der Waals surface area contributed by atoms with Crippen LogP contribution in [0.25, 0.3) is 10.8 Å². The van der Waals surface area contributed by atoms with Gasteiger partial charge in [0, 0.05) is 40.3 Å². The smallest absolute Gasteiger partial charge is 0.294 e. The van der Waals surface area contributed by atoms with E-state index in [2.05, 4.69) is 76.0 Å². The number of azo groups is 3. The third-order valence-electron chi connectivity index (χ3n) is 9.98. The van der Waals surface area contributed by atoms with Crippen LogP contribution in [-0.4, -0.2) is 87.2 Å². The van der Waals surface area contributed by atoms with Crippen molar-refractivity contribution in [3.05, 3.63) is 108 Å². The number of fused-ring (bicyclic) bond motifs is 1. The molecule has 0 spiro atoms. The average molecular weight is 1060 g/mol. The van der Waals surface area contributed by atoms with Crippen molar-refractivity contribution in [1.29, 1.82) is 0 Å². The predicted molar refractivity (Wildman–Crippen MR) is 266 cm³/mol. The molecule has 0 saturated heterocycles. The van der Waals surface area contributed by atoms with E-state index in [-0.39, 0.29) is 62.7 Å². The van der Waals surface area contributed by atoms with Gasteiger partial charge in [-0.2, -0.15) is 38.7 Å². The number of aryl methyl sites for hydroxylation is 2. The van der Waals surface area contributed by atoms with E-state index in [0.29, 0.717) is 67.5 Å². The zero-order valence-corrected chi connectivity index (χ0v) is 40.9. The fourth-order valence-electron chi connectivity index (χ4n) is 6.44. The number of ether oxygens (including phenoxy) is 2. The first kappa shape index (κ1) is 53.3. The number of anilines is 5. The molecule has 0 bridgehead atoms. The van der Waals surface area contributed by atoms with Crippen molar-refractivity contribution in [2.45, 2.75) is 34.6 Å². The van der Waals surface area contributed by atoms with Gasteiger partial charge in [0.1, 0.15) is 28.6 Å². The number of nitrogens with one attached hydrogen (secondary N) is 3. The van der Waals surface area contributed by atoms with E-state index in [1.165, 1.54) is 38.5 Å². The minimum atomic E-state index is -4.52. The maximum atomic E-state index is 11.8. The number of nitrogens with zero attached hydrogens (tertiary/aromatic N) is 9. The lowest BCUT2D eigenvalue weighted by Gasteiger charge is -2.14. The number of aliphatic hydroxyl groups is 2. The second kappa shape index (κ2) is 24.7. The third-order valence-corrected chi connectivity index (χ3v) is 12.0. The summed E-state index contributed by atoms with van der Waals surface area (Å²) in [5.74, 6) is 0.168. The van der Waals surface area contributed by atoms with E-state index >= 15 is 0 Å². The fourth-order valence-corrected chi connectivity index (χ4v) is 7.82. The van der Waals surface area contributed by atoms with Crippen LogP contribution in [0.3, 0.4) is 0 Å². The summed E-state index contributed by atoms with van der Waals surface area (Å²) in [6.45, 7) is 2.94. The zero-order chi connectivity index (χ0) is 52.1.